The van der Waals surface area contributed by atoms with Crippen LogP contribution >= 0.6 is 39.3 Å². The van der Waals surface area contributed by atoms with E-state index in [0.29, 0.717) is 16.2 Å². The van der Waals surface area contributed by atoms with Crippen molar-refractivity contribution in [2.75, 3.05) is 0 Å². The summed E-state index contributed by atoms with van der Waals surface area (Å²) in [6.45, 7) is 0. The standard InChI is InChI=1S/C6BrClN4S2/c7-1-3-5(11-13-9-3)2(8)6-4(1)10-14-12-6. The minimum atomic E-state index is 0.528. The van der Waals surface area contributed by atoms with Crippen molar-refractivity contribution >= 4 is 73.0 Å². The van der Waals surface area contributed by atoms with Gasteiger partial charge in [0.2, 0.25) is 0 Å². The highest BCUT2D eigenvalue weighted by Gasteiger charge is 2.21. The molecule has 0 spiro atoms. The molecule has 1 aromatic heterocycles. The molecule has 2 aromatic rings. The number of fused-ring (bicyclic) bond motifs is 2. The highest BCUT2D eigenvalue weighted by Crippen LogP contribution is 2.48. The zero-order valence-corrected chi connectivity index (χ0v) is 10.3. The largest absolute Gasteiger partial charge is 0.172 e. The fraction of sp³-hybridized carbons (Fsp3) is 0. The average Bonchev–Trinajstić information content (AvgIpc) is 2.82. The number of hydrogen-bond donors (Lipinski definition) is 0. The van der Waals surface area contributed by atoms with Gasteiger partial charge < -0.3 is 0 Å². The van der Waals surface area contributed by atoms with Crippen molar-refractivity contribution in [2.24, 2.45) is 8.73 Å². The lowest BCUT2D eigenvalue weighted by Gasteiger charge is -2.00. The second-order valence-corrected chi connectivity index (χ2v) is 4.78. The molecular formula is C6BrClN4S2. The molecule has 0 aliphatic carbocycles. The molecule has 0 bridgehead atoms. The Bertz CT molecular complexity index is 568. The number of halogens is 2. The molecule has 0 saturated heterocycles. The molecule has 0 amide bonds. The Morgan fingerprint density at radius 3 is 2.64 bits per heavy atom. The van der Waals surface area contributed by atoms with Gasteiger partial charge in [0, 0.05) is 0 Å². The van der Waals surface area contributed by atoms with E-state index in [9.17, 15) is 0 Å². The van der Waals surface area contributed by atoms with Crippen LogP contribution in [0.4, 0.5) is 11.4 Å². The smallest absolute Gasteiger partial charge is 0.126 e. The van der Waals surface area contributed by atoms with Crippen LogP contribution in [0.3, 0.4) is 0 Å². The maximum atomic E-state index is 6.12. The average molecular weight is 308 g/mol. The first-order valence-electron chi connectivity index (χ1n) is 3.50. The lowest BCUT2D eigenvalue weighted by Crippen LogP contribution is -1.77. The highest BCUT2D eigenvalue weighted by atomic mass is 79.9. The predicted molar refractivity (Wildman–Crippen MR) is 61.7 cm³/mol. The van der Waals surface area contributed by atoms with Gasteiger partial charge >= 0.3 is 0 Å². The molecular weight excluding hydrogens is 308 g/mol. The van der Waals surface area contributed by atoms with Crippen molar-refractivity contribution in [3.63, 3.8) is 0 Å². The van der Waals surface area contributed by atoms with Crippen molar-refractivity contribution in [1.82, 2.24) is 8.75 Å². The molecule has 0 unspecified atom stereocenters. The van der Waals surface area contributed by atoms with Crippen LogP contribution in [0.1, 0.15) is 0 Å². The number of nitrogens with zero attached hydrogens (tertiary/aromatic N) is 4. The molecule has 0 saturated carbocycles. The summed E-state index contributed by atoms with van der Waals surface area (Å²) in [7, 11) is 0. The van der Waals surface area contributed by atoms with E-state index >= 15 is 0 Å². The van der Waals surface area contributed by atoms with E-state index in [1.54, 1.807) is 0 Å². The van der Waals surface area contributed by atoms with Crippen molar-refractivity contribution < 1.29 is 0 Å². The second kappa shape index (κ2) is 3.06. The van der Waals surface area contributed by atoms with Crippen LogP contribution in [0, 0.1) is 0 Å². The maximum Gasteiger partial charge on any atom is 0.126 e. The van der Waals surface area contributed by atoms with Crippen LogP contribution in [0.5, 0.6) is 0 Å². The summed E-state index contributed by atoms with van der Waals surface area (Å²) >= 11 is 11.8. The quantitative estimate of drug-likeness (QED) is 0.633. The van der Waals surface area contributed by atoms with E-state index in [2.05, 4.69) is 33.4 Å². The number of rotatable bonds is 0. The van der Waals surface area contributed by atoms with Gasteiger partial charge in [-0.15, -0.1) is 0 Å². The fourth-order valence-electron chi connectivity index (χ4n) is 1.18. The van der Waals surface area contributed by atoms with Crippen LogP contribution in [0.15, 0.2) is 13.2 Å². The van der Waals surface area contributed by atoms with Crippen molar-refractivity contribution in [3.8, 4) is 0 Å². The van der Waals surface area contributed by atoms with E-state index < -0.39 is 0 Å². The molecule has 1 aliphatic heterocycles. The van der Waals surface area contributed by atoms with Gasteiger partial charge in [-0.1, -0.05) is 11.6 Å². The first-order chi connectivity index (χ1) is 6.79. The summed E-state index contributed by atoms with van der Waals surface area (Å²) < 4.78 is 17.3. The van der Waals surface area contributed by atoms with E-state index in [-0.39, 0.29) is 0 Å². The zero-order valence-electron chi connectivity index (χ0n) is 6.36. The third-order valence-electron chi connectivity index (χ3n) is 1.81. The van der Waals surface area contributed by atoms with Crippen molar-refractivity contribution in [1.29, 1.82) is 0 Å². The molecule has 0 N–H and O–H groups in total. The van der Waals surface area contributed by atoms with Gasteiger partial charge in [-0.3, -0.25) is 0 Å². The van der Waals surface area contributed by atoms with Crippen LogP contribution in [-0.4, -0.2) is 8.75 Å². The third kappa shape index (κ3) is 1.04. The zero-order chi connectivity index (χ0) is 9.71. The first kappa shape index (κ1) is 8.90. The Labute approximate surface area is 99.6 Å². The molecule has 1 aliphatic rings. The summed E-state index contributed by atoms with van der Waals surface area (Å²) in [5.41, 5.74) is 2.87. The Kier molecular flexibility index (Phi) is 1.94. The van der Waals surface area contributed by atoms with E-state index in [1.165, 1.54) is 0 Å². The molecule has 2 heterocycles. The highest BCUT2D eigenvalue weighted by molar-refractivity contribution is 9.10. The van der Waals surface area contributed by atoms with Gasteiger partial charge in [0.05, 0.1) is 32.6 Å². The van der Waals surface area contributed by atoms with Gasteiger partial charge in [-0.05, 0) is 15.9 Å². The lowest BCUT2D eigenvalue weighted by molar-refractivity contribution is 1.51. The number of benzene rings is 1. The summed E-state index contributed by atoms with van der Waals surface area (Å²) in [5, 5.41) is 0.528. The predicted octanol–water partition coefficient (Wildman–Crippen LogP) is 3.83. The Balaban J connectivity index is 2.59. The molecule has 0 fully saturated rings. The van der Waals surface area contributed by atoms with Gasteiger partial charge in [0.1, 0.15) is 22.4 Å². The monoisotopic (exact) mass is 306 g/mol. The van der Waals surface area contributed by atoms with Gasteiger partial charge in [-0.25, -0.2) is 0 Å². The Morgan fingerprint density at radius 1 is 1.07 bits per heavy atom. The molecule has 3 rings (SSSR count). The lowest BCUT2D eigenvalue weighted by atomic mass is 10.2. The minimum absolute atomic E-state index is 0.528. The van der Waals surface area contributed by atoms with Crippen LogP contribution < -0.4 is 0 Å². The molecule has 8 heteroatoms. The SMILES string of the molecule is Clc1c2c(c(Br)c3nsnc13)N=S=N2. The van der Waals surface area contributed by atoms with Gasteiger partial charge in [-0.2, -0.15) is 17.5 Å². The molecule has 1 aromatic carbocycles. The molecule has 0 atom stereocenters. The molecule has 14 heavy (non-hydrogen) atoms. The van der Waals surface area contributed by atoms with E-state index in [0.717, 1.165) is 38.8 Å². The Hall–Kier alpha value is -0.370. The van der Waals surface area contributed by atoms with Crippen molar-refractivity contribution in [3.05, 3.63) is 9.50 Å². The summed E-state index contributed by atoms with van der Waals surface area (Å²) in [6.07, 6.45) is 0. The fourth-order valence-corrected chi connectivity index (χ4v) is 3.45. The van der Waals surface area contributed by atoms with Crippen LogP contribution in [0.2, 0.25) is 5.02 Å². The topological polar surface area (TPSA) is 50.5 Å². The third-order valence-corrected chi connectivity index (χ3v) is 3.97. The van der Waals surface area contributed by atoms with Gasteiger partial charge in [0.15, 0.2) is 0 Å². The van der Waals surface area contributed by atoms with Crippen LogP contribution in [0.25, 0.3) is 11.0 Å². The first-order valence-corrected chi connectivity index (χ1v) is 6.13. The van der Waals surface area contributed by atoms with Gasteiger partial charge in [0.25, 0.3) is 0 Å². The van der Waals surface area contributed by atoms with E-state index in [4.69, 9.17) is 11.6 Å². The maximum absolute atomic E-state index is 6.12. The summed E-state index contributed by atoms with van der Waals surface area (Å²) in [4.78, 5) is 0. The number of hydrogen-bond acceptors (Lipinski definition) is 5. The normalized spacial score (nSPS) is 13.3. The molecule has 0 radical (unpaired) electrons. The summed E-state index contributed by atoms with van der Waals surface area (Å²) in [6, 6.07) is 0. The molecule has 70 valence electrons. The minimum Gasteiger partial charge on any atom is -0.172 e. The summed E-state index contributed by atoms with van der Waals surface area (Å²) in [5.74, 6) is 0. The number of aromatic nitrogens is 2. The molecule has 4 nitrogen and oxygen atoms in total. The van der Waals surface area contributed by atoms with E-state index in [1.807, 2.05) is 0 Å². The van der Waals surface area contributed by atoms with Crippen LogP contribution in [-0.2, 0) is 11.4 Å². The second-order valence-electron chi connectivity index (χ2n) is 2.55. The van der Waals surface area contributed by atoms with Crippen molar-refractivity contribution in [2.45, 2.75) is 0 Å². The Morgan fingerprint density at radius 2 is 1.79 bits per heavy atom.